The van der Waals surface area contributed by atoms with Gasteiger partial charge in [0, 0.05) is 5.69 Å². The first-order valence-electron chi connectivity index (χ1n) is 6.75. The van der Waals surface area contributed by atoms with Gasteiger partial charge in [0.25, 0.3) is 0 Å². The second kappa shape index (κ2) is 7.81. The lowest BCUT2D eigenvalue weighted by Gasteiger charge is -2.25. The van der Waals surface area contributed by atoms with E-state index in [-0.39, 0.29) is 18.3 Å². The number of hydrogen-bond acceptors (Lipinski definition) is 2. The van der Waals surface area contributed by atoms with Crippen molar-refractivity contribution in [3.8, 4) is 0 Å². The molecule has 0 saturated heterocycles. The average molecular weight is 305 g/mol. The molecule has 0 saturated carbocycles. The van der Waals surface area contributed by atoms with Crippen molar-refractivity contribution in [2.24, 2.45) is 5.73 Å². The van der Waals surface area contributed by atoms with Crippen molar-refractivity contribution >= 4 is 24.0 Å². The van der Waals surface area contributed by atoms with Crippen LogP contribution in [0, 0.1) is 6.92 Å². The largest absolute Gasteiger partial charge is 0.320 e. The number of hydrogen-bond donors (Lipinski definition) is 1. The van der Waals surface area contributed by atoms with E-state index in [0.717, 1.165) is 11.3 Å². The van der Waals surface area contributed by atoms with Gasteiger partial charge in [-0.2, -0.15) is 0 Å². The topological polar surface area (TPSA) is 46.3 Å². The number of nitrogens with zero attached hydrogens (tertiary/aromatic N) is 1. The molecule has 2 rings (SSSR count). The summed E-state index contributed by atoms with van der Waals surface area (Å²) in [5.41, 5.74) is 8.90. The molecule has 0 radical (unpaired) electrons. The highest BCUT2D eigenvalue weighted by atomic mass is 35.5. The Hall–Kier alpha value is -1.84. The summed E-state index contributed by atoms with van der Waals surface area (Å²) in [6, 6.07) is 17.3. The van der Waals surface area contributed by atoms with E-state index in [1.54, 1.807) is 11.8 Å². The average Bonchev–Trinajstić information content (AvgIpc) is 2.46. The molecule has 2 N–H and O–H groups in total. The Bertz CT molecular complexity index is 567. The third-order valence-corrected chi connectivity index (χ3v) is 3.18. The van der Waals surface area contributed by atoms with Crippen molar-refractivity contribution in [3.05, 3.63) is 65.7 Å². The van der Waals surface area contributed by atoms with Gasteiger partial charge in [0.15, 0.2) is 0 Å². The second-order valence-electron chi connectivity index (χ2n) is 5.03. The maximum Gasteiger partial charge on any atom is 0.243 e. The quantitative estimate of drug-likeness (QED) is 0.942. The van der Waals surface area contributed by atoms with Gasteiger partial charge in [0.05, 0.1) is 12.6 Å². The van der Waals surface area contributed by atoms with Gasteiger partial charge in [-0.3, -0.25) is 4.79 Å². The van der Waals surface area contributed by atoms with Crippen LogP contribution >= 0.6 is 12.4 Å². The number of carbonyl (C=O) groups is 1. The molecule has 1 amide bonds. The van der Waals surface area contributed by atoms with E-state index in [2.05, 4.69) is 0 Å². The third kappa shape index (κ3) is 4.59. The lowest BCUT2D eigenvalue weighted by Crippen LogP contribution is -2.41. The van der Waals surface area contributed by atoms with E-state index in [1.165, 1.54) is 5.56 Å². The van der Waals surface area contributed by atoms with Crippen molar-refractivity contribution in [2.45, 2.75) is 26.4 Å². The van der Waals surface area contributed by atoms with E-state index in [4.69, 9.17) is 5.73 Å². The van der Waals surface area contributed by atoms with Gasteiger partial charge >= 0.3 is 0 Å². The molecular formula is C17H21ClN2O. The van der Waals surface area contributed by atoms with Gasteiger partial charge in [0.2, 0.25) is 5.91 Å². The maximum atomic E-state index is 12.3. The predicted octanol–water partition coefficient (Wildman–Crippen LogP) is 3.30. The van der Waals surface area contributed by atoms with E-state index in [0.29, 0.717) is 6.54 Å². The van der Waals surface area contributed by atoms with E-state index < -0.39 is 6.04 Å². The lowest BCUT2D eigenvalue weighted by atomic mass is 10.1. The van der Waals surface area contributed by atoms with Crippen LogP contribution in [0.4, 0.5) is 5.69 Å². The lowest BCUT2D eigenvalue weighted by molar-refractivity contribution is -0.119. The molecule has 0 fully saturated rings. The molecule has 2 aromatic rings. The fraction of sp³-hybridized carbons (Fsp3) is 0.235. The highest BCUT2D eigenvalue weighted by Crippen LogP contribution is 2.19. The molecule has 0 spiro atoms. The molecule has 112 valence electrons. The summed E-state index contributed by atoms with van der Waals surface area (Å²) in [5.74, 6) is -0.0716. The Labute approximate surface area is 132 Å². The monoisotopic (exact) mass is 304 g/mol. The number of amides is 1. The third-order valence-electron chi connectivity index (χ3n) is 3.18. The maximum absolute atomic E-state index is 12.3. The van der Waals surface area contributed by atoms with Crippen molar-refractivity contribution < 1.29 is 4.79 Å². The highest BCUT2D eigenvalue weighted by Gasteiger charge is 2.19. The van der Waals surface area contributed by atoms with E-state index >= 15 is 0 Å². The van der Waals surface area contributed by atoms with Crippen LogP contribution in [-0.2, 0) is 11.3 Å². The number of benzene rings is 2. The first-order valence-corrected chi connectivity index (χ1v) is 6.75. The summed E-state index contributed by atoms with van der Waals surface area (Å²) >= 11 is 0. The van der Waals surface area contributed by atoms with Crippen molar-refractivity contribution in [3.63, 3.8) is 0 Å². The SMILES string of the molecule is Cc1ccc(N(Cc2ccccc2)C(=O)C(C)N)cc1.Cl. The second-order valence-corrected chi connectivity index (χ2v) is 5.03. The normalized spacial score (nSPS) is 11.4. The molecule has 0 aliphatic heterocycles. The van der Waals surface area contributed by atoms with Gasteiger partial charge in [0.1, 0.15) is 0 Å². The van der Waals surface area contributed by atoms with Gasteiger partial charge in [-0.25, -0.2) is 0 Å². The summed E-state index contributed by atoms with van der Waals surface area (Å²) in [5, 5.41) is 0. The van der Waals surface area contributed by atoms with Crippen molar-refractivity contribution in [1.82, 2.24) is 0 Å². The molecule has 0 heterocycles. The Morgan fingerprint density at radius 2 is 1.67 bits per heavy atom. The first kappa shape index (κ1) is 17.2. The zero-order valence-corrected chi connectivity index (χ0v) is 13.1. The fourth-order valence-electron chi connectivity index (χ4n) is 2.03. The minimum Gasteiger partial charge on any atom is -0.320 e. The molecule has 21 heavy (non-hydrogen) atoms. The van der Waals surface area contributed by atoms with Crippen molar-refractivity contribution in [2.75, 3.05) is 4.90 Å². The summed E-state index contributed by atoms with van der Waals surface area (Å²) in [7, 11) is 0. The van der Waals surface area contributed by atoms with E-state index in [9.17, 15) is 4.79 Å². The van der Waals surface area contributed by atoms with Crippen LogP contribution in [0.1, 0.15) is 18.1 Å². The van der Waals surface area contributed by atoms with Crippen LogP contribution in [0.3, 0.4) is 0 Å². The Kier molecular flexibility index (Phi) is 6.40. The van der Waals surface area contributed by atoms with Crippen LogP contribution in [0.2, 0.25) is 0 Å². The van der Waals surface area contributed by atoms with Gasteiger partial charge < -0.3 is 10.6 Å². The molecule has 0 aromatic heterocycles. The molecule has 1 atom stereocenters. The number of halogens is 1. The zero-order valence-electron chi connectivity index (χ0n) is 12.3. The van der Waals surface area contributed by atoms with Crippen LogP contribution in [0.5, 0.6) is 0 Å². The molecular weight excluding hydrogens is 284 g/mol. The number of nitrogens with two attached hydrogens (primary N) is 1. The van der Waals surface area contributed by atoms with Gasteiger partial charge in [-0.05, 0) is 31.5 Å². The van der Waals surface area contributed by atoms with Crippen molar-refractivity contribution in [1.29, 1.82) is 0 Å². The number of carbonyl (C=O) groups excluding carboxylic acids is 1. The van der Waals surface area contributed by atoms with Crippen LogP contribution in [0.25, 0.3) is 0 Å². The summed E-state index contributed by atoms with van der Waals surface area (Å²) in [4.78, 5) is 14.1. The standard InChI is InChI=1S/C17H20N2O.ClH/c1-13-8-10-16(11-9-13)19(17(20)14(2)18)12-15-6-4-3-5-7-15;/h3-11,14H,12,18H2,1-2H3;1H. The number of anilines is 1. The van der Waals surface area contributed by atoms with Gasteiger partial charge in [-0.1, -0.05) is 48.0 Å². The molecule has 0 aliphatic carbocycles. The minimum atomic E-state index is -0.514. The van der Waals surface area contributed by atoms with Crippen LogP contribution < -0.4 is 10.6 Å². The molecule has 4 heteroatoms. The Morgan fingerprint density at radius 1 is 1.10 bits per heavy atom. The molecule has 2 aromatic carbocycles. The highest BCUT2D eigenvalue weighted by molar-refractivity contribution is 5.96. The Morgan fingerprint density at radius 3 is 2.19 bits per heavy atom. The fourth-order valence-corrected chi connectivity index (χ4v) is 2.03. The molecule has 0 aliphatic rings. The summed E-state index contributed by atoms with van der Waals surface area (Å²) in [6.45, 7) is 4.28. The zero-order chi connectivity index (χ0) is 14.5. The summed E-state index contributed by atoms with van der Waals surface area (Å²) < 4.78 is 0. The molecule has 1 unspecified atom stereocenters. The first-order chi connectivity index (χ1) is 9.58. The molecule has 3 nitrogen and oxygen atoms in total. The predicted molar refractivity (Wildman–Crippen MR) is 89.7 cm³/mol. The smallest absolute Gasteiger partial charge is 0.243 e. The minimum absolute atomic E-state index is 0. The van der Waals surface area contributed by atoms with Gasteiger partial charge in [-0.15, -0.1) is 12.4 Å². The van der Waals surface area contributed by atoms with Crippen LogP contribution in [0.15, 0.2) is 54.6 Å². The van der Waals surface area contributed by atoms with E-state index in [1.807, 2.05) is 61.5 Å². The molecule has 0 bridgehead atoms. The number of aryl methyl sites for hydroxylation is 1. The Balaban J connectivity index is 0.00000220. The number of rotatable bonds is 4. The summed E-state index contributed by atoms with van der Waals surface area (Å²) in [6.07, 6.45) is 0. The van der Waals surface area contributed by atoms with Crippen LogP contribution in [-0.4, -0.2) is 11.9 Å².